The van der Waals surface area contributed by atoms with E-state index >= 15 is 0 Å². The second-order valence-electron chi connectivity index (χ2n) is 5.83. The van der Waals surface area contributed by atoms with E-state index < -0.39 is 0 Å². The number of hydrogen-bond acceptors (Lipinski definition) is 4. The van der Waals surface area contributed by atoms with Gasteiger partial charge in [0.1, 0.15) is 5.75 Å². The second-order valence-corrected chi connectivity index (χ2v) is 5.83. The van der Waals surface area contributed by atoms with Gasteiger partial charge in [-0.2, -0.15) is 0 Å². The summed E-state index contributed by atoms with van der Waals surface area (Å²) in [5.74, 6) is 0.937. The highest BCUT2D eigenvalue weighted by Gasteiger charge is 2.13. The Hall–Kier alpha value is -1.10. The number of ether oxygens (including phenoxy) is 2. The zero-order valence-corrected chi connectivity index (χ0v) is 13.2. The third kappa shape index (κ3) is 6.46. The van der Waals surface area contributed by atoms with Crippen LogP contribution >= 0.6 is 0 Å². The SMILES string of the molecule is CC(C)Oc1ccc(CNCCNCC2CCCO2)cc1. The Bertz CT molecular complexity index is 386. The molecule has 1 aromatic rings. The van der Waals surface area contributed by atoms with Crippen LogP contribution < -0.4 is 15.4 Å². The molecule has 0 bridgehead atoms. The molecule has 0 radical (unpaired) electrons. The summed E-state index contributed by atoms with van der Waals surface area (Å²) in [5, 5.41) is 6.88. The Balaban J connectivity index is 1.53. The van der Waals surface area contributed by atoms with Gasteiger partial charge < -0.3 is 20.1 Å². The summed E-state index contributed by atoms with van der Waals surface area (Å²) >= 11 is 0. The van der Waals surface area contributed by atoms with Crippen molar-refractivity contribution in [3.8, 4) is 5.75 Å². The van der Waals surface area contributed by atoms with Crippen molar-refractivity contribution in [2.75, 3.05) is 26.2 Å². The first-order valence-corrected chi connectivity index (χ1v) is 8.02. The Morgan fingerprint density at radius 2 is 1.95 bits per heavy atom. The molecular weight excluding hydrogens is 264 g/mol. The molecule has 1 aliphatic rings. The van der Waals surface area contributed by atoms with Crippen molar-refractivity contribution < 1.29 is 9.47 Å². The third-order valence-corrected chi connectivity index (χ3v) is 3.50. The van der Waals surface area contributed by atoms with E-state index in [-0.39, 0.29) is 6.10 Å². The smallest absolute Gasteiger partial charge is 0.119 e. The quantitative estimate of drug-likeness (QED) is 0.686. The fraction of sp³-hybridized carbons (Fsp3) is 0.647. The molecule has 0 saturated carbocycles. The number of hydrogen-bond donors (Lipinski definition) is 2. The van der Waals surface area contributed by atoms with Crippen molar-refractivity contribution in [2.24, 2.45) is 0 Å². The van der Waals surface area contributed by atoms with Gasteiger partial charge in [0.05, 0.1) is 12.2 Å². The van der Waals surface area contributed by atoms with Crippen LogP contribution in [0.4, 0.5) is 0 Å². The van der Waals surface area contributed by atoms with Gasteiger partial charge in [0.15, 0.2) is 0 Å². The van der Waals surface area contributed by atoms with Crippen LogP contribution in [0.15, 0.2) is 24.3 Å². The average Bonchev–Trinajstić information content (AvgIpc) is 2.97. The van der Waals surface area contributed by atoms with Gasteiger partial charge in [0.2, 0.25) is 0 Å². The van der Waals surface area contributed by atoms with Crippen LogP contribution in [-0.2, 0) is 11.3 Å². The van der Waals surface area contributed by atoms with E-state index in [0.717, 1.165) is 38.5 Å². The van der Waals surface area contributed by atoms with E-state index in [0.29, 0.717) is 6.10 Å². The summed E-state index contributed by atoms with van der Waals surface area (Å²) in [5.41, 5.74) is 1.28. The van der Waals surface area contributed by atoms with Crippen LogP contribution in [-0.4, -0.2) is 38.4 Å². The lowest BCUT2D eigenvalue weighted by Crippen LogP contribution is -2.32. The molecule has 1 heterocycles. The van der Waals surface area contributed by atoms with Gasteiger partial charge in [-0.05, 0) is 44.4 Å². The Labute approximate surface area is 128 Å². The van der Waals surface area contributed by atoms with E-state index in [1.54, 1.807) is 0 Å². The molecule has 1 unspecified atom stereocenters. The maximum absolute atomic E-state index is 5.63. The molecule has 2 rings (SSSR count). The summed E-state index contributed by atoms with van der Waals surface area (Å²) in [4.78, 5) is 0. The lowest BCUT2D eigenvalue weighted by Gasteiger charge is -2.12. The van der Waals surface area contributed by atoms with Gasteiger partial charge in [-0.3, -0.25) is 0 Å². The standard InChI is InChI=1S/C17H28N2O2/c1-14(2)21-16-7-5-15(6-8-16)12-18-9-10-19-13-17-4-3-11-20-17/h5-8,14,17-19H,3-4,9-13H2,1-2H3. The number of rotatable bonds is 9. The fourth-order valence-corrected chi connectivity index (χ4v) is 2.44. The highest BCUT2D eigenvalue weighted by atomic mass is 16.5. The molecule has 4 nitrogen and oxygen atoms in total. The molecule has 0 spiro atoms. The normalized spacial score (nSPS) is 18.3. The Morgan fingerprint density at radius 3 is 2.62 bits per heavy atom. The minimum Gasteiger partial charge on any atom is -0.491 e. The van der Waals surface area contributed by atoms with E-state index in [9.17, 15) is 0 Å². The minimum absolute atomic E-state index is 0.226. The molecular formula is C17H28N2O2. The summed E-state index contributed by atoms with van der Waals surface area (Å²) in [7, 11) is 0. The van der Waals surface area contributed by atoms with Gasteiger partial charge in [-0.1, -0.05) is 12.1 Å². The van der Waals surface area contributed by atoms with Gasteiger partial charge in [0, 0.05) is 32.8 Å². The Morgan fingerprint density at radius 1 is 1.19 bits per heavy atom. The van der Waals surface area contributed by atoms with E-state index in [1.165, 1.54) is 18.4 Å². The molecule has 1 fully saturated rings. The van der Waals surface area contributed by atoms with Crippen molar-refractivity contribution in [1.29, 1.82) is 0 Å². The van der Waals surface area contributed by atoms with Gasteiger partial charge in [-0.15, -0.1) is 0 Å². The van der Waals surface area contributed by atoms with Crippen LogP contribution in [0.2, 0.25) is 0 Å². The molecule has 0 aliphatic carbocycles. The van der Waals surface area contributed by atoms with Crippen molar-refractivity contribution in [3.05, 3.63) is 29.8 Å². The molecule has 1 aliphatic heterocycles. The van der Waals surface area contributed by atoms with E-state index in [4.69, 9.17) is 9.47 Å². The molecule has 118 valence electrons. The zero-order valence-electron chi connectivity index (χ0n) is 13.2. The number of nitrogens with one attached hydrogen (secondary N) is 2. The van der Waals surface area contributed by atoms with Crippen LogP contribution in [0, 0.1) is 0 Å². The van der Waals surface area contributed by atoms with Crippen LogP contribution in [0.1, 0.15) is 32.3 Å². The molecule has 1 aromatic carbocycles. The topological polar surface area (TPSA) is 42.5 Å². The summed E-state index contributed by atoms with van der Waals surface area (Å²) in [6, 6.07) is 8.30. The molecule has 4 heteroatoms. The maximum atomic E-state index is 5.63. The van der Waals surface area contributed by atoms with Crippen molar-refractivity contribution in [3.63, 3.8) is 0 Å². The summed E-state index contributed by atoms with van der Waals surface area (Å²) < 4.78 is 11.2. The van der Waals surface area contributed by atoms with Gasteiger partial charge >= 0.3 is 0 Å². The largest absolute Gasteiger partial charge is 0.491 e. The monoisotopic (exact) mass is 292 g/mol. The molecule has 1 saturated heterocycles. The van der Waals surface area contributed by atoms with Crippen LogP contribution in [0.3, 0.4) is 0 Å². The third-order valence-electron chi connectivity index (χ3n) is 3.50. The zero-order chi connectivity index (χ0) is 14.9. The minimum atomic E-state index is 0.226. The van der Waals surface area contributed by atoms with Gasteiger partial charge in [0.25, 0.3) is 0 Å². The van der Waals surface area contributed by atoms with E-state index in [1.807, 2.05) is 26.0 Å². The van der Waals surface area contributed by atoms with Crippen molar-refractivity contribution in [1.82, 2.24) is 10.6 Å². The van der Waals surface area contributed by atoms with Crippen molar-refractivity contribution >= 4 is 0 Å². The number of benzene rings is 1. The highest BCUT2D eigenvalue weighted by Crippen LogP contribution is 2.13. The first kappa shape index (κ1) is 16.3. The van der Waals surface area contributed by atoms with Crippen LogP contribution in [0.25, 0.3) is 0 Å². The van der Waals surface area contributed by atoms with E-state index in [2.05, 4.69) is 22.8 Å². The predicted octanol–water partition coefficient (Wildman–Crippen LogP) is 2.33. The molecule has 0 amide bonds. The molecule has 1 atom stereocenters. The van der Waals surface area contributed by atoms with Crippen molar-refractivity contribution in [2.45, 2.75) is 45.4 Å². The van der Waals surface area contributed by atoms with Crippen LogP contribution in [0.5, 0.6) is 5.75 Å². The lowest BCUT2D eigenvalue weighted by atomic mass is 10.2. The molecule has 0 aromatic heterocycles. The Kier molecular flexibility index (Phi) is 7.00. The molecule has 21 heavy (non-hydrogen) atoms. The first-order chi connectivity index (χ1) is 10.2. The highest BCUT2D eigenvalue weighted by molar-refractivity contribution is 5.27. The predicted molar refractivity (Wildman–Crippen MR) is 85.8 cm³/mol. The summed E-state index contributed by atoms with van der Waals surface area (Å²) in [6.07, 6.45) is 3.06. The summed E-state index contributed by atoms with van der Waals surface area (Å²) in [6.45, 7) is 8.83. The average molecular weight is 292 g/mol. The fourth-order valence-electron chi connectivity index (χ4n) is 2.44. The molecule has 2 N–H and O–H groups in total. The maximum Gasteiger partial charge on any atom is 0.119 e. The van der Waals surface area contributed by atoms with Gasteiger partial charge in [-0.25, -0.2) is 0 Å². The first-order valence-electron chi connectivity index (χ1n) is 8.02. The second kappa shape index (κ2) is 9.03. The lowest BCUT2D eigenvalue weighted by molar-refractivity contribution is 0.110.